The molecule has 138 valence electrons. The molecule has 0 spiro atoms. The van der Waals surface area contributed by atoms with Crippen LogP contribution in [0, 0.1) is 0 Å². The lowest BCUT2D eigenvalue weighted by molar-refractivity contribution is -0.307. The van der Waals surface area contributed by atoms with Gasteiger partial charge in [0.1, 0.15) is 0 Å². The third-order valence-corrected chi connectivity index (χ3v) is 4.84. The number of benzene rings is 2. The largest absolute Gasteiger partial charge is 0.548 e. The Bertz CT molecular complexity index is 865. The topological polar surface area (TPSA) is 114 Å². The monoisotopic (exact) mass is 375 g/mol. The molecule has 0 heterocycles. The maximum Gasteiger partial charge on any atom is 0.241 e. The van der Waals surface area contributed by atoms with E-state index in [4.69, 9.17) is 0 Å². The highest BCUT2D eigenvalue weighted by Crippen LogP contribution is 2.17. The van der Waals surface area contributed by atoms with Crippen LogP contribution in [-0.4, -0.2) is 39.5 Å². The SMILES string of the molecule is CN(C)N=Nc1ccc(S(=O)(=O)N[C@H](Cc2ccccc2)C(=O)[O-])cc1. The Hall–Kier alpha value is -2.78. The molecule has 8 nitrogen and oxygen atoms in total. The average molecular weight is 375 g/mol. The van der Waals surface area contributed by atoms with E-state index in [1.165, 1.54) is 29.3 Å². The van der Waals surface area contributed by atoms with Gasteiger partial charge in [0.15, 0.2) is 0 Å². The van der Waals surface area contributed by atoms with Crippen molar-refractivity contribution in [2.75, 3.05) is 14.1 Å². The van der Waals surface area contributed by atoms with Crippen LogP contribution in [0.5, 0.6) is 0 Å². The molecule has 0 amide bonds. The molecule has 0 aliphatic carbocycles. The van der Waals surface area contributed by atoms with Crippen LogP contribution >= 0.6 is 0 Å². The molecule has 9 heteroatoms. The van der Waals surface area contributed by atoms with E-state index in [2.05, 4.69) is 15.1 Å². The molecule has 1 atom stereocenters. The third-order valence-electron chi connectivity index (χ3n) is 3.35. The molecule has 0 bridgehead atoms. The number of sulfonamides is 1. The van der Waals surface area contributed by atoms with Gasteiger partial charge in [-0.15, -0.1) is 5.11 Å². The molecule has 2 aromatic carbocycles. The van der Waals surface area contributed by atoms with Gasteiger partial charge in [0.05, 0.1) is 22.6 Å². The van der Waals surface area contributed by atoms with Crippen molar-refractivity contribution in [2.45, 2.75) is 17.4 Å². The van der Waals surface area contributed by atoms with Gasteiger partial charge in [0, 0.05) is 14.1 Å². The summed E-state index contributed by atoms with van der Waals surface area (Å²) in [5.41, 5.74) is 1.15. The van der Waals surface area contributed by atoms with E-state index in [-0.39, 0.29) is 11.3 Å². The van der Waals surface area contributed by atoms with Crippen LogP contribution in [-0.2, 0) is 21.2 Å². The van der Waals surface area contributed by atoms with Crippen LogP contribution in [0.3, 0.4) is 0 Å². The summed E-state index contributed by atoms with van der Waals surface area (Å²) in [5, 5.41) is 20.6. The molecule has 0 radical (unpaired) electrons. The summed E-state index contributed by atoms with van der Waals surface area (Å²) in [5.74, 6) is -1.49. The highest BCUT2D eigenvalue weighted by Gasteiger charge is 2.21. The minimum absolute atomic E-state index is 0.0163. The fourth-order valence-corrected chi connectivity index (χ4v) is 3.30. The first-order valence-electron chi connectivity index (χ1n) is 7.74. The highest BCUT2D eigenvalue weighted by molar-refractivity contribution is 7.89. The normalized spacial score (nSPS) is 12.8. The number of carboxylic acids is 1. The molecule has 1 N–H and O–H groups in total. The molecule has 0 saturated carbocycles. The number of nitrogens with one attached hydrogen (secondary N) is 1. The number of carbonyl (C=O) groups excluding carboxylic acids is 1. The van der Waals surface area contributed by atoms with Gasteiger partial charge in [-0.05, 0) is 36.2 Å². The van der Waals surface area contributed by atoms with Crippen molar-refractivity contribution in [3.8, 4) is 0 Å². The lowest BCUT2D eigenvalue weighted by Crippen LogP contribution is -2.49. The van der Waals surface area contributed by atoms with Gasteiger partial charge in [0.2, 0.25) is 10.0 Å². The Labute approximate surface area is 152 Å². The lowest BCUT2D eigenvalue weighted by atomic mass is 10.1. The zero-order valence-electron chi connectivity index (χ0n) is 14.4. The summed E-state index contributed by atoms with van der Waals surface area (Å²) < 4.78 is 27.1. The average Bonchev–Trinajstić information content (AvgIpc) is 2.60. The molecule has 0 aromatic heterocycles. The van der Waals surface area contributed by atoms with E-state index in [0.29, 0.717) is 11.3 Å². The van der Waals surface area contributed by atoms with Gasteiger partial charge < -0.3 is 9.90 Å². The van der Waals surface area contributed by atoms with Gasteiger partial charge in [-0.1, -0.05) is 35.6 Å². The van der Waals surface area contributed by atoms with E-state index in [9.17, 15) is 18.3 Å². The Balaban J connectivity index is 2.15. The first kappa shape index (κ1) is 19.5. The number of hydrogen-bond acceptors (Lipinski definition) is 6. The Morgan fingerprint density at radius 1 is 1.12 bits per heavy atom. The smallest absolute Gasteiger partial charge is 0.241 e. The van der Waals surface area contributed by atoms with E-state index >= 15 is 0 Å². The minimum Gasteiger partial charge on any atom is -0.548 e. The molecular weight excluding hydrogens is 356 g/mol. The van der Waals surface area contributed by atoms with Crippen LogP contribution in [0.1, 0.15) is 5.56 Å². The van der Waals surface area contributed by atoms with Crippen LogP contribution < -0.4 is 9.83 Å². The maximum absolute atomic E-state index is 12.5. The summed E-state index contributed by atoms with van der Waals surface area (Å²) in [6, 6.07) is 13.0. The molecule has 0 aliphatic heterocycles. The number of aliphatic carboxylic acids is 1. The Morgan fingerprint density at radius 3 is 2.27 bits per heavy atom. The number of nitrogens with zero attached hydrogens (tertiary/aromatic N) is 3. The number of carbonyl (C=O) groups is 1. The van der Waals surface area contributed by atoms with Crippen molar-refractivity contribution >= 4 is 21.7 Å². The van der Waals surface area contributed by atoms with E-state index in [0.717, 1.165) is 0 Å². The minimum atomic E-state index is -4.03. The fraction of sp³-hybridized carbons (Fsp3) is 0.235. The highest BCUT2D eigenvalue weighted by atomic mass is 32.2. The van der Waals surface area contributed by atoms with Gasteiger partial charge in [-0.2, -0.15) is 0 Å². The summed E-state index contributed by atoms with van der Waals surface area (Å²) >= 11 is 0. The Kier molecular flexibility index (Phi) is 6.42. The van der Waals surface area contributed by atoms with Crippen molar-refractivity contribution < 1.29 is 18.3 Å². The van der Waals surface area contributed by atoms with E-state index < -0.39 is 22.0 Å². The summed E-state index contributed by atoms with van der Waals surface area (Å²) in [4.78, 5) is 11.3. The van der Waals surface area contributed by atoms with Crippen molar-refractivity contribution in [2.24, 2.45) is 10.3 Å². The maximum atomic E-state index is 12.5. The van der Waals surface area contributed by atoms with E-state index in [1.54, 1.807) is 44.4 Å². The number of hydrogen-bond donors (Lipinski definition) is 1. The summed E-state index contributed by atoms with van der Waals surface area (Å²) in [7, 11) is -0.611. The van der Waals surface area contributed by atoms with Crippen molar-refractivity contribution in [1.82, 2.24) is 9.73 Å². The second kappa shape index (κ2) is 8.54. The van der Waals surface area contributed by atoms with Gasteiger partial charge >= 0.3 is 0 Å². The predicted octanol–water partition coefficient (Wildman–Crippen LogP) is 0.886. The predicted molar refractivity (Wildman–Crippen MR) is 93.9 cm³/mol. The molecule has 0 saturated heterocycles. The quantitative estimate of drug-likeness (QED) is 0.543. The molecular formula is C17H19N4O4S-. The number of carboxylic acid groups (broad SMARTS) is 1. The number of rotatable bonds is 8. The zero-order chi connectivity index (χ0) is 19.2. The molecule has 0 unspecified atom stereocenters. The molecule has 26 heavy (non-hydrogen) atoms. The fourth-order valence-electron chi connectivity index (χ4n) is 2.11. The standard InChI is InChI=1S/C17H20N4O4S/c1-21(2)20-18-14-8-10-15(11-9-14)26(24,25)19-16(17(22)23)12-13-6-4-3-5-7-13/h3-11,16,19H,12H2,1-2H3,(H,22,23)/p-1/t16-/m1/s1. The van der Waals surface area contributed by atoms with Crippen LogP contribution in [0.2, 0.25) is 0 Å². The first-order valence-corrected chi connectivity index (χ1v) is 9.22. The second-order valence-corrected chi connectivity index (χ2v) is 7.43. The second-order valence-electron chi connectivity index (χ2n) is 5.71. The van der Waals surface area contributed by atoms with Crippen LogP contribution in [0.4, 0.5) is 5.69 Å². The molecule has 0 fully saturated rings. The van der Waals surface area contributed by atoms with Gasteiger partial charge in [0.25, 0.3) is 0 Å². The van der Waals surface area contributed by atoms with E-state index in [1.807, 2.05) is 0 Å². The summed E-state index contributed by atoms with van der Waals surface area (Å²) in [6.07, 6.45) is -0.0163. The van der Waals surface area contributed by atoms with Gasteiger partial charge in [-0.3, -0.25) is 5.01 Å². The molecule has 0 aliphatic rings. The van der Waals surface area contributed by atoms with Gasteiger partial charge in [-0.25, -0.2) is 13.1 Å². The van der Waals surface area contributed by atoms with Crippen molar-refractivity contribution in [3.63, 3.8) is 0 Å². The summed E-state index contributed by atoms with van der Waals surface area (Å²) in [6.45, 7) is 0. The first-order chi connectivity index (χ1) is 12.3. The van der Waals surface area contributed by atoms with Crippen LogP contribution in [0.15, 0.2) is 69.8 Å². The Morgan fingerprint density at radius 2 is 1.73 bits per heavy atom. The third kappa shape index (κ3) is 5.64. The zero-order valence-corrected chi connectivity index (χ0v) is 15.2. The molecule has 2 rings (SSSR count). The van der Waals surface area contributed by atoms with Crippen molar-refractivity contribution in [1.29, 1.82) is 0 Å². The lowest BCUT2D eigenvalue weighted by Gasteiger charge is -2.20. The van der Waals surface area contributed by atoms with Crippen LogP contribution in [0.25, 0.3) is 0 Å². The molecule has 2 aromatic rings. The van der Waals surface area contributed by atoms with Crippen molar-refractivity contribution in [3.05, 3.63) is 60.2 Å².